The van der Waals surface area contributed by atoms with Crippen LogP contribution in [0.1, 0.15) is 23.0 Å². The number of aromatic nitrogens is 2. The standard InChI is InChI=1S/C12H20N4O4/c1-3-20-12(18)9-6-15-16(2)10(9)7-14-4-5-19-8-11(13)17/h6,14H,3-5,7-8H2,1-2H3,(H2,13,17). The van der Waals surface area contributed by atoms with E-state index < -0.39 is 5.91 Å². The van der Waals surface area contributed by atoms with Crippen molar-refractivity contribution in [2.24, 2.45) is 12.8 Å². The van der Waals surface area contributed by atoms with E-state index in [2.05, 4.69) is 10.4 Å². The molecule has 0 aliphatic carbocycles. The van der Waals surface area contributed by atoms with Crippen LogP contribution in [0.25, 0.3) is 0 Å². The number of amides is 1. The van der Waals surface area contributed by atoms with Crippen molar-refractivity contribution >= 4 is 11.9 Å². The van der Waals surface area contributed by atoms with E-state index in [1.54, 1.807) is 18.7 Å². The molecule has 0 aliphatic heterocycles. The maximum absolute atomic E-state index is 11.7. The molecule has 0 aromatic carbocycles. The monoisotopic (exact) mass is 284 g/mol. The van der Waals surface area contributed by atoms with Crippen LogP contribution < -0.4 is 11.1 Å². The number of nitrogens with two attached hydrogens (primary N) is 1. The SMILES string of the molecule is CCOC(=O)c1cnn(C)c1CNCCOCC(N)=O. The number of aryl methyl sites for hydroxylation is 1. The van der Waals surface area contributed by atoms with Crippen LogP contribution in [0.2, 0.25) is 0 Å². The van der Waals surface area contributed by atoms with Gasteiger partial charge in [-0.3, -0.25) is 9.48 Å². The summed E-state index contributed by atoms with van der Waals surface area (Å²) in [5, 5.41) is 7.14. The molecule has 1 aromatic heterocycles. The van der Waals surface area contributed by atoms with Crippen molar-refractivity contribution in [2.45, 2.75) is 13.5 Å². The fourth-order valence-corrected chi connectivity index (χ4v) is 1.58. The van der Waals surface area contributed by atoms with Gasteiger partial charge in [0, 0.05) is 20.1 Å². The molecule has 0 aliphatic rings. The minimum absolute atomic E-state index is 0.0958. The molecule has 1 amide bonds. The predicted molar refractivity (Wildman–Crippen MR) is 70.9 cm³/mol. The molecule has 8 heteroatoms. The van der Waals surface area contributed by atoms with Gasteiger partial charge < -0.3 is 20.5 Å². The Morgan fingerprint density at radius 1 is 1.50 bits per heavy atom. The average molecular weight is 284 g/mol. The van der Waals surface area contributed by atoms with Gasteiger partial charge in [-0.2, -0.15) is 5.10 Å². The average Bonchev–Trinajstić information content (AvgIpc) is 2.75. The van der Waals surface area contributed by atoms with Crippen LogP contribution in [0.4, 0.5) is 0 Å². The summed E-state index contributed by atoms with van der Waals surface area (Å²) in [6.45, 7) is 3.31. The summed E-state index contributed by atoms with van der Waals surface area (Å²) in [6.07, 6.45) is 1.48. The Bertz CT molecular complexity index is 458. The smallest absolute Gasteiger partial charge is 0.341 e. The molecule has 1 rings (SSSR count). The Labute approximate surface area is 117 Å². The zero-order valence-corrected chi connectivity index (χ0v) is 11.7. The molecule has 0 saturated carbocycles. The van der Waals surface area contributed by atoms with E-state index >= 15 is 0 Å². The molecule has 0 unspecified atom stereocenters. The van der Waals surface area contributed by atoms with E-state index in [-0.39, 0.29) is 12.6 Å². The van der Waals surface area contributed by atoms with Gasteiger partial charge >= 0.3 is 5.97 Å². The summed E-state index contributed by atoms with van der Waals surface area (Å²) >= 11 is 0. The predicted octanol–water partition coefficient (Wildman–Crippen LogP) is -0.812. The molecule has 20 heavy (non-hydrogen) atoms. The van der Waals surface area contributed by atoms with Crippen LogP contribution in [0.3, 0.4) is 0 Å². The van der Waals surface area contributed by atoms with E-state index in [1.807, 2.05) is 0 Å². The number of carbonyl (C=O) groups excluding carboxylic acids is 2. The molecule has 1 aromatic rings. The zero-order valence-electron chi connectivity index (χ0n) is 11.7. The summed E-state index contributed by atoms with van der Waals surface area (Å²) in [7, 11) is 1.75. The third-order valence-electron chi connectivity index (χ3n) is 2.52. The fourth-order valence-electron chi connectivity index (χ4n) is 1.58. The van der Waals surface area contributed by atoms with Gasteiger partial charge in [-0.15, -0.1) is 0 Å². The van der Waals surface area contributed by atoms with Crippen LogP contribution in [-0.4, -0.2) is 48.0 Å². The van der Waals surface area contributed by atoms with E-state index in [9.17, 15) is 9.59 Å². The third kappa shape index (κ3) is 4.98. The van der Waals surface area contributed by atoms with Crippen molar-refractivity contribution in [1.82, 2.24) is 15.1 Å². The van der Waals surface area contributed by atoms with Gasteiger partial charge in [0.25, 0.3) is 0 Å². The molecule has 112 valence electrons. The number of hydrogen-bond acceptors (Lipinski definition) is 6. The molecule has 8 nitrogen and oxygen atoms in total. The van der Waals surface area contributed by atoms with Crippen molar-refractivity contribution in [2.75, 3.05) is 26.4 Å². The van der Waals surface area contributed by atoms with Gasteiger partial charge in [0.15, 0.2) is 0 Å². The largest absolute Gasteiger partial charge is 0.462 e. The number of rotatable bonds is 9. The molecular weight excluding hydrogens is 264 g/mol. The number of hydrogen-bond donors (Lipinski definition) is 2. The highest BCUT2D eigenvalue weighted by molar-refractivity contribution is 5.90. The quantitative estimate of drug-likeness (QED) is 0.453. The lowest BCUT2D eigenvalue weighted by Gasteiger charge is -2.08. The Morgan fingerprint density at radius 2 is 2.25 bits per heavy atom. The molecule has 0 bridgehead atoms. The number of primary amides is 1. The first-order valence-corrected chi connectivity index (χ1v) is 6.31. The van der Waals surface area contributed by atoms with Gasteiger partial charge in [-0.1, -0.05) is 0 Å². The summed E-state index contributed by atoms with van der Waals surface area (Å²) in [5.74, 6) is -0.886. The fraction of sp³-hybridized carbons (Fsp3) is 0.583. The van der Waals surface area contributed by atoms with Gasteiger partial charge in [0.05, 0.1) is 25.1 Å². The summed E-state index contributed by atoms with van der Waals surface area (Å²) in [6, 6.07) is 0. The van der Waals surface area contributed by atoms with Gasteiger partial charge in [0.2, 0.25) is 5.91 Å². The molecule has 0 fully saturated rings. The topological polar surface area (TPSA) is 108 Å². The molecule has 0 saturated heterocycles. The van der Waals surface area contributed by atoms with Crippen LogP contribution in [0, 0.1) is 0 Å². The Kier molecular flexibility index (Phi) is 6.68. The van der Waals surface area contributed by atoms with E-state index in [0.29, 0.717) is 31.9 Å². The maximum Gasteiger partial charge on any atom is 0.341 e. The third-order valence-corrected chi connectivity index (χ3v) is 2.52. The van der Waals surface area contributed by atoms with Gasteiger partial charge in [-0.05, 0) is 6.92 Å². The minimum atomic E-state index is -0.499. The summed E-state index contributed by atoms with van der Waals surface area (Å²) in [4.78, 5) is 22.2. The van der Waals surface area contributed by atoms with Crippen molar-refractivity contribution < 1.29 is 19.1 Å². The van der Waals surface area contributed by atoms with E-state index in [1.165, 1.54) is 6.20 Å². The number of nitrogens with one attached hydrogen (secondary N) is 1. The second-order valence-electron chi connectivity index (χ2n) is 4.04. The van der Waals surface area contributed by atoms with Crippen molar-refractivity contribution in [3.8, 4) is 0 Å². The highest BCUT2D eigenvalue weighted by atomic mass is 16.5. The van der Waals surface area contributed by atoms with E-state index in [0.717, 1.165) is 5.69 Å². The second kappa shape index (κ2) is 8.28. The Hall–Kier alpha value is -1.93. The number of carbonyl (C=O) groups is 2. The van der Waals surface area contributed by atoms with Crippen LogP contribution in [0.15, 0.2) is 6.20 Å². The lowest BCUT2D eigenvalue weighted by Crippen LogP contribution is -2.25. The second-order valence-corrected chi connectivity index (χ2v) is 4.04. The molecule has 0 spiro atoms. The Balaban J connectivity index is 2.41. The summed E-state index contributed by atoms with van der Waals surface area (Å²) in [5.41, 5.74) is 6.12. The highest BCUT2D eigenvalue weighted by Gasteiger charge is 2.16. The summed E-state index contributed by atoms with van der Waals surface area (Å²) < 4.78 is 11.6. The number of esters is 1. The van der Waals surface area contributed by atoms with Crippen LogP contribution >= 0.6 is 0 Å². The van der Waals surface area contributed by atoms with E-state index in [4.69, 9.17) is 15.2 Å². The molecule has 0 radical (unpaired) electrons. The van der Waals surface area contributed by atoms with Crippen molar-refractivity contribution in [3.05, 3.63) is 17.5 Å². The maximum atomic E-state index is 11.7. The first-order valence-electron chi connectivity index (χ1n) is 6.31. The minimum Gasteiger partial charge on any atom is -0.462 e. The lowest BCUT2D eigenvalue weighted by molar-refractivity contribution is -0.122. The molecule has 1 heterocycles. The highest BCUT2D eigenvalue weighted by Crippen LogP contribution is 2.08. The number of nitrogens with zero attached hydrogens (tertiary/aromatic N) is 2. The molecular formula is C12H20N4O4. The molecule has 0 atom stereocenters. The van der Waals surface area contributed by atoms with Crippen LogP contribution in [0.5, 0.6) is 0 Å². The lowest BCUT2D eigenvalue weighted by atomic mass is 10.2. The normalized spacial score (nSPS) is 10.5. The zero-order chi connectivity index (χ0) is 15.0. The van der Waals surface area contributed by atoms with Gasteiger partial charge in [0.1, 0.15) is 12.2 Å². The first kappa shape index (κ1) is 16.1. The first-order chi connectivity index (χ1) is 9.56. The van der Waals surface area contributed by atoms with Crippen LogP contribution in [-0.2, 0) is 27.9 Å². The van der Waals surface area contributed by atoms with Gasteiger partial charge in [-0.25, -0.2) is 4.79 Å². The Morgan fingerprint density at radius 3 is 2.90 bits per heavy atom. The van der Waals surface area contributed by atoms with Crippen molar-refractivity contribution in [3.63, 3.8) is 0 Å². The number of ether oxygens (including phenoxy) is 2. The van der Waals surface area contributed by atoms with Crippen molar-refractivity contribution in [1.29, 1.82) is 0 Å². The molecule has 3 N–H and O–H groups in total.